The predicted octanol–water partition coefficient (Wildman–Crippen LogP) is 2.66. The lowest BCUT2D eigenvalue weighted by Gasteiger charge is -2.36. The highest BCUT2D eigenvalue weighted by Crippen LogP contribution is 2.28. The lowest BCUT2D eigenvalue weighted by Crippen LogP contribution is -2.52. The Kier molecular flexibility index (Phi) is 3.88. The Hall–Kier alpha value is -1.94. The van der Waals surface area contributed by atoms with Crippen molar-refractivity contribution in [3.05, 3.63) is 42.1 Å². The molecule has 1 heterocycles. The quantitative estimate of drug-likeness (QED) is 0.911. The van der Waals surface area contributed by atoms with Crippen LogP contribution in [0, 0.1) is 0 Å². The summed E-state index contributed by atoms with van der Waals surface area (Å²) in [4.78, 5) is 16.9. The third-order valence-electron chi connectivity index (χ3n) is 4.37. The minimum Gasteiger partial charge on any atom is -0.394 e. The van der Waals surface area contributed by atoms with Crippen LogP contribution in [0.1, 0.15) is 42.5 Å². The fourth-order valence-electron chi connectivity index (χ4n) is 3.15. The molecule has 1 aliphatic carbocycles. The van der Waals surface area contributed by atoms with Gasteiger partial charge in [-0.2, -0.15) is 0 Å². The second kappa shape index (κ2) is 5.82. The molecule has 0 saturated heterocycles. The largest absolute Gasteiger partial charge is 0.394 e. The van der Waals surface area contributed by atoms with Crippen LogP contribution in [0.2, 0.25) is 0 Å². The van der Waals surface area contributed by atoms with Gasteiger partial charge in [-0.15, -0.1) is 0 Å². The average Bonchev–Trinajstić information content (AvgIpc) is 2.55. The molecule has 0 spiro atoms. The van der Waals surface area contributed by atoms with Gasteiger partial charge in [-0.3, -0.25) is 9.78 Å². The summed E-state index contributed by atoms with van der Waals surface area (Å²) in [6.07, 6.45) is 6.65. The molecular formula is C17H20N2O2. The average molecular weight is 284 g/mol. The SMILES string of the molecule is O=C(NC1(CO)CCCCC1)c1cccc2cccnc12. The van der Waals surface area contributed by atoms with Crippen LogP contribution in [0.3, 0.4) is 0 Å². The molecule has 3 rings (SSSR count). The van der Waals surface area contributed by atoms with Gasteiger partial charge in [0.25, 0.3) is 5.91 Å². The van der Waals surface area contributed by atoms with E-state index >= 15 is 0 Å². The fraction of sp³-hybridized carbons (Fsp3) is 0.412. The number of carbonyl (C=O) groups is 1. The van der Waals surface area contributed by atoms with Crippen molar-refractivity contribution < 1.29 is 9.90 Å². The first-order chi connectivity index (χ1) is 10.2. The Bertz CT molecular complexity index is 643. The maximum absolute atomic E-state index is 12.6. The molecular weight excluding hydrogens is 264 g/mol. The first kappa shape index (κ1) is 14.0. The molecule has 21 heavy (non-hydrogen) atoms. The van der Waals surface area contributed by atoms with Crippen LogP contribution in [-0.2, 0) is 0 Å². The van der Waals surface area contributed by atoms with Gasteiger partial charge in [-0.1, -0.05) is 37.5 Å². The lowest BCUT2D eigenvalue weighted by atomic mass is 9.82. The molecule has 0 atom stereocenters. The van der Waals surface area contributed by atoms with E-state index in [1.807, 2.05) is 24.3 Å². The number of aromatic nitrogens is 1. The summed E-state index contributed by atoms with van der Waals surface area (Å²) < 4.78 is 0. The summed E-state index contributed by atoms with van der Waals surface area (Å²) in [5.74, 6) is -0.143. The Morgan fingerprint density at radius 1 is 1.19 bits per heavy atom. The van der Waals surface area contributed by atoms with Gasteiger partial charge in [0.15, 0.2) is 0 Å². The van der Waals surface area contributed by atoms with E-state index in [9.17, 15) is 9.90 Å². The number of benzene rings is 1. The number of para-hydroxylation sites is 1. The summed E-state index contributed by atoms with van der Waals surface area (Å²) in [6, 6.07) is 9.41. The number of hydrogen-bond donors (Lipinski definition) is 2. The van der Waals surface area contributed by atoms with E-state index in [1.165, 1.54) is 6.42 Å². The number of aliphatic hydroxyl groups excluding tert-OH is 1. The lowest BCUT2D eigenvalue weighted by molar-refractivity contribution is 0.0760. The Morgan fingerprint density at radius 3 is 2.71 bits per heavy atom. The number of pyridine rings is 1. The molecule has 0 bridgehead atoms. The number of rotatable bonds is 3. The number of carbonyl (C=O) groups excluding carboxylic acids is 1. The first-order valence-corrected chi connectivity index (χ1v) is 7.51. The molecule has 1 amide bonds. The number of hydrogen-bond acceptors (Lipinski definition) is 3. The molecule has 0 unspecified atom stereocenters. The van der Waals surface area contributed by atoms with Crippen LogP contribution in [-0.4, -0.2) is 28.1 Å². The van der Waals surface area contributed by atoms with Crippen molar-refractivity contribution in [2.24, 2.45) is 0 Å². The summed E-state index contributed by atoms with van der Waals surface area (Å²) in [5.41, 5.74) is 0.819. The standard InChI is InChI=1S/C17H20N2O2/c20-12-17(9-2-1-3-10-17)19-16(21)14-8-4-6-13-7-5-11-18-15(13)14/h4-8,11,20H,1-3,9-10,12H2,(H,19,21). The third-order valence-corrected chi connectivity index (χ3v) is 4.37. The monoisotopic (exact) mass is 284 g/mol. The van der Waals surface area contributed by atoms with Gasteiger partial charge in [0.1, 0.15) is 0 Å². The highest BCUT2D eigenvalue weighted by atomic mass is 16.3. The van der Waals surface area contributed by atoms with Gasteiger partial charge in [0, 0.05) is 11.6 Å². The molecule has 4 heteroatoms. The van der Waals surface area contributed by atoms with Crippen molar-refractivity contribution in [3.63, 3.8) is 0 Å². The summed E-state index contributed by atoms with van der Waals surface area (Å²) in [5, 5.41) is 13.7. The zero-order valence-corrected chi connectivity index (χ0v) is 12.0. The van der Waals surface area contributed by atoms with Crippen LogP contribution in [0.4, 0.5) is 0 Å². The number of aliphatic hydroxyl groups is 1. The van der Waals surface area contributed by atoms with Gasteiger partial charge in [0.05, 0.1) is 23.2 Å². The number of amides is 1. The Labute approximate surface area is 124 Å². The normalized spacial score (nSPS) is 17.6. The van der Waals surface area contributed by atoms with Crippen LogP contribution in [0.25, 0.3) is 10.9 Å². The molecule has 2 aromatic rings. The van der Waals surface area contributed by atoms with E-state index in [4.69, 9.17) is 0 Å². The van der Waals surface area contributed by atoms with E-state index in [1.54, 1.807) is 12.3 Å². The zero-order chi connectivity index (χ0) is 14.7. The number of fused-ring (bicyclic) bond motifs is 1. The van der Waals surface area contributed by atoms with Crippen molar-refractivity contribution in [2.75, 3.05) is 6.61 Å². The second-order valence-electron chi connectivity index (χ2n) is 5.83. The van der Waals surface area contributed by atoms with Crippen molar-refractivity contribution in [3.8, 4) is 0 Å². The molecule has 110 valence electrons. The maximum Gasteiger partial charge on any atom is 0.254 e. The molecule has 1 aliphatic rings. The van der Waals surface area contributed by atoms with Crippen LogP contribution >= 0.6 is 0 Å². The van der Waals surface area contributed by atoms with Crippen molar-refractivity contribution in [2.45, 2.75) is 37.6 Å². The van der Waals surface area contributed by atoms with Crippen molar-refractivity contribution >= 4 is 16.8 Å². The summed E-state index contributed by atoms with van der Waals surface area (Å²) >= 11 is 0. The predicted molar refractivity (Wildman–Crippen MR) is 82.1 cm³/mol. The molecule has 0 aliphatic heterocycles. The molecule has 1 aromatic heterocycles. The fourth-order valence-corrected chi connectivity index (χ4v) is 3.15. The van der Waals surface area contributed by atoms with Crippen LogP contribution in [0.15, 0.2) is 36.5 Å². The molecule has 1 fully saturated rings. The van der Waals surface area contributed by atoms with Gasteiger partial charge in [-0.05, 0) is 25.0 Å². The summed E-state index contributed by atoms with van der Waals surface area (Å²) in [6.45, 7) is -0.00304. The van der Waals surface area contributed by atoms with E-state index < -0.39 is 5.54 Å². The van der Waals surface area contributed by atoms with Crippen LogP contribution < -0.4 is 5.32 Å². The van der Waals surface area contributed by atoms with Gasteiger partial charge in [-0.25, -0.2) is 0 Å². The van der Waals surface area contributed by atoms with E-state index in [0.29, 0.717) is 11.1 Å². The summed E-state index contributed by atoms with van der Waals surface area (Å²) in [7, 11) is 0. The second-order valence-corrected chi connectivity index (χ2v) is 5.83. The topological polar surface area (TPSA) is 62.2 Å². The molecule has 1 aromatic carbocycles. The molecule has 0 radical (unpaired) electrons. The van der Waals surface area contributed by atoms with Crippen molar-refractivity contribution in [1.82, 2.24) is 10.3 Å². The smallest absolute Gasteiger partial charge is 0.254 e. The van der Waals surface area contributed by atoms with Crippen LogP contribution in [0.5, 0.6) is 0 Å². The number of nitrogens with zero attached hydrogens (tertiary/aromatic N) is 1. The first-order valence-electron chi connectivity index (χ1n) is 7.51. The minimum absolute atomic E-state index is 0.00304. The molecule has 2 N–H and O–H groups in total. The third kappa shape index (κ3) is 2.76. The van der Waals surface area contributed by atoms with Gasteiger partial charge >= 0.3 is 0 Å². The maximum atomic E-state index is 12.6. The molecule has 4 nitrogen and oxygen atoms in total. The molecule has 1 saturated carbocycles. The van der Waals surface area contributed by atoms with E-state index in [-0.39, 0.29) is 12.5 Å². The highest BCUT2D eigenvalue weighted by Gasteiger charge is 2.33. The van der Waals surface area contributed by atoms with E-state index in [2.05, 4.69) is 10.3 Å². The van der Waals surface area contributed by atoms with Gasteiger partial charge < -0.3 is 10.4 Å². The Balaban J connectivity index is 1.90. The van der Waals surface area contributed by atoms with Gasteiger partial charge in [0.2, 0.25) is 0 Å². The zero-order valence-electron chi connectivity index (χ0n) is 12.0. The van der Waals surface area contributed by atoms with Crippen molar-refractivity contribution in [1.29, 1.82) is 0 Å². The highest BCUT2D eigenvalue weighted by molar-refractivity contribution is 6.05. The minimum atomic E-state index is -0.466. The Morgan fingerprint density at radius 2 is 1.95 bits per heavy atom. The number of nitrogens with one attached hydrogen (secondary N) is 1. The van der Waals surface area contributed by atoms with E-state index in [0.717, 1.165) is 31.1 Å².